The summed E-state index contributed by atoms with van der Waals surface area (Å²) in [5.41, 5.74) is -1.76. The Hall–Kier alpha value is 0.452. The molecule has 0 aromatic rings. The van der Waals surface area contributed by atoms with Crippen LogP contribution in [0, 0.1) is 90.4 Å². The summed E-state index contributed by atoms with van der Waals surface area (Å²) in [6.45, 7) is 22.6. The van der Waals surface area contributed by atoms with Crippen molar-refractivity contribution in [1.29, 1.82) is 0 Å². The summed E-state index contributed by atoms with van der Waals surface area (Å²) in [6, 6.07) is -0.484. The third kappa shape index (κ3) is 4.87. The minimum absolute atomic E-state index is 0. The molecule has 0 aliphatic heterocycles. The molecule has 2 bridgehead atoms. The van der Waals surface area contributed by atoms with Crippen LogP contribution in [0.15, 0.2) is 11.1 Å². The van der Waals surface area contributed by atoms with Crippen LogP contribution in [0.2, 0.25) is 0 Å². The van der Waals surface area contributed by atoms with Crippen molar-refractivity contribution in [2.24, 2.45) is 46.3 Å². The van der Waals surface area contributed by atoms with Gasteiger partial charge < -0.3 is 30.5 Å². The number of aliphatic hydroxyl groups excluding tert-OH is 2. The molecule has 2 fully saturated rings. The number of nitrogens with one attached hydrogen (secondary N) is 1. The molecule has 0 heterocycles. The number of esters is 1. The van der Waals surface area contributed by atoms with Gasteiger partial charge in [0.1, 0.15) is 6.10 Å². The number of likely N-dealkylation sites (N-methyl/N-ethyl adjacent to an activating group) is 1. The van der Waals surface area contributed by atoms with Gasteiger partial charge in [0.2, 0.25) is 0 Å². The molecule has 3 aliphatic carbocycles. The SMILES string of the molecule is CCC1(O)C(O)CC(C)[C@@]2(C)C(C)C(C)C3=C(C)C(OC(=O)C(O)C(C)NC)[C@H](C)C(O)([C@@H](C)C12)C3(C)C.[Ac]. The molecule has 39 heavy (non-hydrogen) atoms. The molecule has 13 atom stereocenters. The summed E-state index contributed by atoms with van der Waals surface area (Å²) in [5.74, 6) is -1.80. The molecular formula is C31H55AcNO6. The summed E-state index contributed by atoms with van der Waals surface area (Å²) in [6.07, 6.45) is -2.06. The van der Waals surface area contributed by atoms with Gasteiger partial charge in [-0.15, -0.1) is 0 Å². The van der Waals surface area contributed by atoms with Crippen LogP contribution in [-0.4, -0.2) is 69.0 Å². The fourth-order valence-electron chi connectivity index (χ4n) is 9.74. The Morgan fingerprint density at radius 1 is 1.08 bits per heavy atom. The zero-order valence-electron chi connectivity index (χ0n) is 26.4. The standard InChI is InChI=1S/C31H55NO6.Ac/c1-13-30(36)22(33)14-15(2)29(11)18(5)16(3)23-17(4)25(38-27(35)24(34)21(8)32-12)19(6)31(37,28(23,9)10)20(7)26(29)30;/h15-16,18-22,24-26,32-34,36-37H,13-14H2,1-12H3;/t15?,16?,18?,19-,20-,21?,22?,24?,25?,26?,29-,30?,31?;/m0./s1. The van der Waals surface area contributed by atoms with Crippen LogP contribution in [0.1, 0.15) is 89.0 Å². The van der Waals surface area contributed by atoms with Crippen LogP contribution in [0.3, 0.4) is 0 Å². The maximum Gasteiger partial charge on any atom is 0.337 e. The van der Waals surface area contributed by atoms with Crippen molar-refractivity contribution < 1.29 is 74.0 Å². The Balaban J connectivity index is 0.00000533. The van der Waals surface area contributed by atoms with E-state index in [4.69, 9.17) is 4.74 Å². The summed E-state index contributed by atoms with van der Waals surface area (Å²) < 4.78 is 6.05. The molecule has 7 nitrogen and oxygen atoms in total. The molecular weight excluding hydrogens is 709 g/mol. The molecule has 0 aromatic heterocycles. The van der Waals surface area contributed by atoms with Gasteiger partial charge in [0.05, 0.1) is 17.3 Å². The maximum atomic E-state index is 13.1. The predicted molar refractivity (Wildman–Crippen MR) is 149 cm³/mol. The first-order chi connectivity index (χ1) is 17.3. The average Bonchev–Trinajstić information content (AvgIpc) is 2.86. The molecule has 2 saturated carbocycles. The van der Waals surface area contributed by atoms with Crippen molar-refractivity contribution in [2.75, 3.05) is 7.05 Å². The molecule has 1 radical (unpaired) electrons. The molecule has 0 spiro atoms. The largest absolute Gasteiger partial charge is 0.455 e. The molecule has 223 valence electrons. The second-order valence-electron chi connectivity index (χ2n) is 13.9. The Labute approximate surface area is 272 Å². The Morgan fingerprint density at radius 2 is 1.62 bits per heavy atom. The van der Waals surface area contributed by atoms with E-state index in [9.17, 15) is 25.2 Å². The summed E-state index contributed by atoms with van der Waals surface area (Å²) in [7, 11) is 1.68. The van der Waals surface area contributed by atoms with Crippen molar-refractivity contribution >= 4 is 5.97 Å². The molecule has 5 N–H and O–H groups in total. The Kier molecular flexibility index (Phi) is 10.8. The van der Waals surface area contributed by atoms with E-state index in [1.807, 2.05) is 27.7 Å². The summed E-state index contributed by atoms with van der Waals surface area (Å²) in [4.78, 5) is 13.1. The van der Waals surface area contributed by atoms with E-state index in [0.29, 0.717) is 12.8 Å². The van der Waals surface area contributed by atoms with Gasteiger partial charge in [0.25, 0.3) is 0 Å². The van der Waals surface area contributed by atoms with Crippen molar-refractivity contribution in [2.45, 2.75) is 125 Å². The molecule has 3 rings (SSSR count). The zero-order valence-corrected chi connectivity index (χ0v) is 31.1. The first-order valence-corrected chi connectivity index (χ1v) is 14.7. The molecule has 0 aromatic carbocycles. The number of carbonyl (C=O) groups is 1. The van der Waals surface area contributed by atoms with E-state index in [1.165, 1.54) is 0 Å². The van der Waals surface area contributed by atoms with Gasteiger partial charge in [-0.2, -0.15) is 0 Å². The monoisotopic (exact) mass is 764 g/mol. The maximum absolute atomic E-state index is 13.1. The van der Waals surface area contributed by atoms with Crippen LogP contribution < -0.4 is 5.32 Å². The van der Waals surface area contributed by atoms with Gasteiger partial charge in [-0.1, -0.05) is 67.9 Å². The third-order valence-electron chi connectivity index (χ3n) is 12.5. The minimum atomic E-state index is -1.37. The van der Waals surface area contributed by atoms with Gasteiger partial charge in [-0.3, -0.25) is 0 Å². The second kappa shape index (κ2) is 11.9. The summed E-state index contributed by atoms with van der Waals surface area (Å²) >= 11 is 0. The second-order valence-corrected chi connectivity index (χ2v) is 13.9. The van der Waals surface area contributed by atoms with Gasteiger partial charge in [-0.05, 0) is 68.4 Å². The number of ether oxygens (including phenoxy) is 1. The Bertz CT molecular complexity index is 955. The molecule has 0 amide bonds. The number of rotatable bonds is 5. The van der Waals surface area contributed by atoms with Gasteiger partial charge in [0.15, 0.2) is 6.10 Å². The van der Waals surface area contributed by atoms with Crippen LogP contribution >= 0.6 is 0 Å². The van der Waals surface area contributed by atoms with Crippen LogP contribution in [0.25, 0.3) is 0 Å². The van der Waals surface area contributed by atoms with E-state index in [2.05, 4.69) is 46.9 Å². The number of fused-ring (bicyclic) bond motifs is 3. The first kappa shape index (κ1) is 35.6. The third-order valence-corrected chi connectivity index (χ3v) is 12.5. The van der Waals surface area contributed by atoms with E-state index in [-0.39, 0.29) is 67.2 Å². The van der Waals surface area contributed by atoms with Gasteiger partial charge >= 0.3 is 5.97 Å². The van der Waals surface area contributed by atoms with E-state index >= 15 is 0 Å². The fraction of sp³-hybridized carbons (Fsp3) is 0.903. The van der Waals surface area contributed by atoms with E-state index < -0.39 is 64.7 Å². The first-order valence-electron chi connectivity index (χ1n) is 14.7. The zero-order chi connectivity index (χ0) is 29.3. The fourth-order valence-corrected chi connectivity index (χ4v) is 9.74. The molecule has 8 heteroatoms. The van der Waals surface area contributed by atoms with Crippen molar-refractivity contribution in [3.8, 4) is 0 Å². The number of carbonyl (C=O) groups excluding carboxylic acids is 1. The number of aliphatic hydroxyl groups is 4. The van der Waals surface area contributed by atoms with E-state index in [1.54, 1.807) is 14.0 Å². The smallest absolute Gasteiger partial charge is 0.337 e. The minimum Gasteiger partial charge on any atom is -0.455 e. The topological polar surface area (TPSA) is 119 Å². The van der Waals surface area contributed by atoms with Crippen LogP contribution in [0.5, 0.6) is 0 Å². The molecule has 3 aliphatic rings. The van der Waals surface area contributed by atoms with Crippen molar-refractivity contribution in [3.63, 3.8) is 0 Å². The van der Waals surface area contributed by atoms with Gasteiger partial charge in [-0.25, -0.2) is 4.79 Å². The Morgan fingerprint density at radius 3 is 2.10 bits per heavy atom. The number of hydrogen-bond donors (Lipinski definition) is 5. The normalized spacial score (nSPS) is 47.2. The van der Waals surface area contributed by atoms with Crippen molar-refractivity contribution in [3.05, 3.63) is 11.1 Å². The average molecular weight is 765 g/mol. The van der Waals surface area contributed by atoms with Crippen molar-refractivity contribution in [1.82, 2.24) is 5.32 Å². The molecule has 10 unspecified atom stereocenters. The summed E-state index contributed by atoms with van der Waals surface area (Å²) in [5, 5.41) is 50.0. The van der Waals surface area contributed by atoms with Gasteiger partial charge in [0, 0.05) is 67.4 Å². The van der Waals surface area contributed by atoms with E-state index in [0.717, 1.165) is 11.1 Å². The molecule has 0 saturated heterocycles. The van der Waals surface area contributed by atoms with Crippen LogP contribution in [-0.2, 0) is 9.53 Å². The predicted octanol–water partition coefficient (Wildman–Crippen LogP) is 3.68. The quantitative estimate of drug-likeness (QED) is 0.214. The number of hydrogen-bond acceptors (Lipinski definition) is 7. The van der Waals surface area contributed by atoms with Crippen LogP contribution in [0.4, 0.5) is 0 Å².